The van der Waals surface area contributed by atoms with Crippen molar-refractivity contribution in [2.45, 2.75) is 32.4 Å². The summed E-state index contributed by atoms with van der Waals surface area (Å²) in [6.07, 6.45) is 9.94. The molecule has 108 valence electrons. The number of aryl methyl sites for hydroxylation is 1. The van der Waals surface area contributed by atoms with E-state index in [2.05, 4.69) is 44.1 Å². The van der Waals surface area contributed by atoms with Crippen LogP contribution in [0.2, 0.25) is 0 Å². The summed E-state index contributed by atoms with van der Waals surface area (Å²) in [5, 5.41) is 5.51. The molecule has 21 heavy (non-hydrogen) atoms. The molecule has 3 aromatic rings. The van der Waals surface area contributed by atoms with Crippen molar-refractivity contribution in [2.24, 2.45) is 0 Å². The van der Waals surface area contributed by atoms with E-state index in [1.807, 2.05) is 17.1 Å². The summed E-state index contributed by atoms with van der Waals surface area (Å²) in [7, 11) is 0. The number of aromatic amines is 1. The normalized spacial score (nSPS) is 18.7. The summed E-state index contributed by atoms with van der Waals surface area (Å²) in [4.78, 5) is 14.4. The second kappa shape index (κ2) is 4.87. The van der Waals surface area contributed by atoms with Crippen LogP contribution < -0.4 is 4.90 Å². The molecule has 1 aliphatic rings. The van der Waals surface area contributed by atoms with Gasteiger partial charge in [-0.25, -0.2) is 9.97 Å². The minimum absolute atomic E-state index is 0.442. The van der Waals surface area contributed by atoms with Gasteiger partial charge in [0.2, 0.25) is 0 Å². The summed E-state index contributed by atoms with van der Waals surface area (Å²) in [5.41, 5.74) is 2.11. The zero-order chi connectivity index (χ0) is 14.2. The smallest absolute Gasteiger partial charge is 0.142 e. The number of nitrogens with zero attached hydrogens (tertiary/aromatic N) is 5. The minimum atomic E-state index is 0.442. The maximum atomic E-state index is 4.52. The van der Waals surface area contributed by atoms with E-state index >= 15 is 0 Å². The van der Waals surface area contributed by atoms with E-state index < -0.39 is 0 Å². The van der Waals surface area contributed by atoms with Crippen molar-refractivity contribution in [3.05, 3.63) is 36.5 Å². The first kappa shape index (κ1) is 12.4. The van der Waals surface area contributed by atoms with Crippen LogP contribution in [-0.2, 0) is 6.54 Å². The molecule has 1 atom stereocenters. The lowest BCUT2D eigenvalue weighted by atomic mass is 10.2. The Morgan fingerprint density at radius 1 is 1.38 bits per heavy atom. The van der Waals surface area contributed by atoms with Gasteiger partial charge in [0.1, 0.15) is 17.8 Å². The van der Waals surface area contributed by atoms with Crippen LogP contribution in [0.4, 0.5) is 5.82 Å². The number of H-pyrrole nitrogens is 1. The van der Waals surface area contributed by atoms with Gasteiger partial charge in [0, 0.05) is 18.9 Å². The van der Waals surface area contributed by atoms with Crippen molar-refractivity contribution in [3.8, 4) is 0 Å². The van der Waals surface area contributed by atoms with Crippen LogP contribution in [0, 0.1) is 6.92 Å². The van der Waals surface area contributed by atoms with Crippen LogP contribution in [-0.4, -0.2) is 37.3 Å². The van der Waals surface area contributed by atoms with Crippen molar-refractivity contribution in [1.82, 2.24) is 24.7 Å². The monoisotopic (exact) mass is 282 g/mol. The fourth-order valence-corrected chi connectivity index (χ4v) is 3.17. The highest BCUT2D eigenvalue weighted by Crippen LogP contribution is 2.29. The average Bonchev–Trinajstić information content (AvgIpc) is 3.19. The molecule has 1 fully saturated rings. The van der Waals surface area contributed by atoms with Gasteiger partial charge in [-0.05, 0) is 31.4 Å². The molecular formula is C15H18N6. The van der Waals surface area contributed by atoms with Crippen molar-refractivity contribution in [2.75, 3.05) is 11.4 Å². The Labute approximate surface area is 122 Å². The minimum Gasteiger partial charge on any atom is -0.351 e. The molecule has 0 saturated carbocycles. The van der Waals surface area contributed by atoms with Crippen LogP contribution >= 0.6 is 0 Å². The molecule has 0 aliphatic carbocycles. The van der Waals surface area contributed by atoms with E-state index in [4.69, 9.17) is 0 Å². The molecule has 0 radical (unpaired) electrons. The van der Waals surface area contributed by atoms with Gasteiger partial charge in [0.25, 0.3) is 0 Å². The molecule has 0 unspecified atom stereocenters. The molecule has 0 bridgehead atoms. The highest BCUT2D eigenvalue weighted by molar-refractivity contribution is 5.87. The average molecular weight is 282 g/mol. The zero-order valence-electron chi connectivity index (χ0n) is 12.0. The molecule has 1 saturated heterocycles. The van der Waals surface area contributed by atoms with Crippen LogP contribution in [0.3, 0.4) is 0 Å². The number of nitrogens with one attached hydrogen (secondary N) is 1. The maximum Gasteiger partial charge on any atom is 0.142 e. The van der Waals surface area contributed by atoms with Crippen molar-refractivity contribution in [1.29, 1.82) is 0 Å². The molecule has 1 aliphatic heterocycles. The highest BCUT2D eigenvalue weighted by atomic mass is 15.3. The largest absolute Gasteiger partial charge is 0.351 e. The standard InChI is InChI=1S/C15H18N6/c1-11-7-19-20(8-11)9-12-3-2-6-21(12)15-13-4-5-16-14(13)17-10-18-15/h4-5,7-8,10,12H,2-3,6,9H2,1H3,(H,16,17,18)/t12-/m0/s1. The summed E-state index contributed by atoms with van der Waals surface area (Å²) >= 11 is 0. The van der Waals surface area contributed by atoms with Crippen LogP contribution in [0.15, 0.2) is 31.0 Å². The van der Waals surface area contributed by atoms with E-state index in [-0.39, 0.29) is 0 Å². The highest BCUT2D eigenvalue weighted by Gasteiger charge is 2.27. The molecule has 1 N–H and O–H groups in total. The van der Waals surface area contributed by atoms with E-state index in [0.717, 1.165) is 29.9 Å². The third-order valence-corrected chi connectivity index (χ3v) is 4.14. The van der Waals surface area contributed by atoms with E-state index in [1.54, 1.807) is 6.33 Å². The van der Waals surface area contributed by atoms with Crippen LogP contribution in [0.5, 0.6) is 0 Å². The van der Waals surface area contributed by atoms with Gasteiger partial charge in [-0.2, -0.15) is 5.10 Å². The Morgan fingerprint density at radius 2 is 2.33 bits per heavy atom. The summed E-state index contributed by atoms with van der Waals surface area (Å²) in [6.45, 7) is 4.02. The van der Waals surface area contributed by atoms with Gasteiger partial charge >= 0.3 is 0 Å². The Kier molecular flexibility index (Phi) is 2.87. The molecule has 4 heterocycles. The van der Waals surface area contributed by atoms with Gasteiger partial charge in [0.05, 0.1) is 24.2 Å². The first-order valence-electron chi connectivity index (χ1n) is 7.35. The SMILES string of the molecule is Cc1cnn(C[C@@H]2CCCN2c2ncnc3[nH]ccc23)c1. The van der Waals surface area contributed by atoms with E-state index in [1.165, 1.54) is 18.4 Å². The Morgan fingerprint density at radius 3 is 3.19 bits per heavy atom. The maximum absolute atomic E-state index is 4.52. The Bertz CT molecular complexity index is 758. The fourth-order valence-electron chi connectivity index (χ4n) is 3.17. The van der Waals surface area contributed by atoms with E-state index in [0.29, 0.717) is 6.04 Å². The number of anilines is 1. The lowest BCUT2D eigenvalue weighted by Gasteiger charge is -2.26. The molecule has 3 aromatic heterocycles. The zero-order valence-corrected chi connectivity index (χ0v) is 12.0. The molecular weight excluding hydrogens is 264 g/mol. The Hall–Kier alpha value is -2.37. The second-order valence-electron chi connectivity index (χ2n) is 5.67. The number of aromatic nitrogens is 5. The van der Waals surface area contributed by atoms with Gasteiger partial charge < -0.3 is 9.88 Å². The van der Waals surface area contributed by atoms with Gasteiger partial charge in [-0.15, -0.1) is 0 Å². The third kappa shape index (κ3) is 2.16. The number of fused-ring (bicyclic) bond motifs is 1. The number of hydrogen-bond acceptors (Lipinski definition) is 4. The summed E-state index contributed by atoms with van der Waals surface area (Å²) in [5.74, 6) is 1.03. The predicted octanol–water partition coefficient (Wildman–Crippen LogP) is 2.13. The number of rotatable bonds is 3. The predicted molar refractivity (Wildman–Crippen MR) is 81.2 cm³/mol. The van der Waals surface area contributed by atoms with Crippen molar-refractivity contribution < 1.29 is 0 Å². The molecule has 0 spiro atoms. The molecule has 0 aromatic carbocycles. The van der Waals surface area contributed by atoms with Crippen molar-refractivity contribution in [3.63, 3.8) is 0 Å². The van der Waals surface area contributed by atoms with Gasteiger partial charge in [0.15, 0.2) is 0 Å². The van der Waals surface area contributed by atoms with Crippen molar-refractivity contribution >= 4 is 16.9 Å². The van der Waals surface area contributed by atoms with Crippen LogP contribution in [0.25, 0.3) is 11.0 Å². The van der Waals surface area contributed by atoms with Crippen LogP contribution in [0.1, 0.15) is 18.4 Å². The lowest BCUT2D eigenvalue weighted by molar-refractivity contribution is 0.508. The quantitative estimate of drug-likeness (QED) is 0.799. The third-order valence-electron chi connectivity index (χ3n) is 4.14. The number of hydrogen-bond donors (Lipinski definition) is 1. The van der Waals surface area contributed by atoms with Gasteiger partial charge in [-0.1, -0.05) is 0 Å². The molecule has 4 rings (SSSR count). The molecule has 6 heteroatoms. The fraction of sp³-hybridized carbons (Fsp3) is 0.400. The summed E-state index contributed by atoms with van der Waals surface area (Å²) in [6, 6.07) is 2.50. The van der Waals surface area contributed by atoms with E-state index in [9.17, 15) is 0 Å². The summed E-state index contributed by atoms with van der Waals surface area (Å²) < 4.78 is 2.04. The lowest BCUT2D eigenvalue weighted by Crippen LogP contribution is -2.33. The topological polar surface area (TPSA) is 62.6 Å². The molecule has 0 amide bonds. The Balaban J connectivity index is 1.65. The van der Waals surface area contributed by atoms with Gasteiger partial charge in [-0.3, -0.25) is 4.68 Å². The second-order valence-corrected chi connectivity index (χ2v) is 5.67. The molecule has 6 nitrogen and oxygen atoms in total. The first-order valence-corrected chi connectivity index (χ1v) is 7.35. The first-order chi connectivity index (χ1) is 10.3.